The van der Waals surface area contributed by atoms with Crippen LogP contribution in [0.15, 0.2) is 58.1 Å². The molecule has 33 heavy (non-hydrogen) atoms. The van der Waals surface area contributed by atoms with Crippen LogP contribution in [-0.2, 0) is 6.61 Å². The second-order valence-corrected chi connectivity index (χ2v) is 9.45. The number of ether oxygens (including phenoxy) is 3. The van der Waals surface area contributed by atoms with Crippen LogP contribution < -0.4 is 19.6 Å². The number of carbonyl (C=O) groups excluding carboxylic acids is 1. The molecule has 0 unspecified atom stereocenters. The zero-order valence-electron chi connectivity index (χ0n) is 17.5. The Balaban J connectivity index is 1.70. The lowest BCUT2D eigenvalue weighted by Crippen LogP contribution is -2.17. The molecule has 0 fully saturated rings. The largest absolute Gasteiger partial charge is 0.496 e. The molecule has 0 saturated carbocycles. The minimum absolute atomic E-state index is 0.273. The summed E-state index contributed by atoms with van der Waals surface area (Å²) in [6, 6.07) is 14.0. The molecule has 1 N–H and O–H groups in total. The molecule has 0 heterocycles. The molecule has 3 aromatic carbocycles. The van der Waals surface area contributed by atoms with Gasteiger partial charge in [-0.2, -0.15) is 5.10 Å². The lowest BCUT2D eigenvalue weighted by atomic mass is 10.2. The van der Waals surface area contributed by atoms with Crippen LogP contribution in [0.5, 0.6) is 17.2 Å². The number of nitrogens with zero attached hydrogens (tertiary/aromatic N) is 1. The molecule has 0 aliphatic carbocycles. The summed E-state index contributed by atoms with van der Waals surface area (Å²) in [5, 5.41) is 4.98. The van der Waals surface area contributed by atoms with Crippen LogP contribution in [0, 0.1) is 3.57 Å². The number of benzene rings is 3. The fourth-order valence-electron chi connectivity index (χ4n) is 2.77. The van der Waals surface area contributed by atoms with Crippen molar-refractivity contribution >= 4 is 73.8 Å². The highest BCUT2D eigenvalue weighted by molar-refractivity contribution is 14.1. The molecule has 0 spiro atoms. The van der Waals surface area contributed by atoms with Crippen LogP contribution in [0.25, 0.3) is 0 Å². The first kappa shape index (κ1) is 25.6. The van der Waals surface area contributed by atoms with Crippen molar-refractivity contribution in [3.05, 3.63) is 83.3 Å². The average molecular weight is 664 g/mol. The quantitative estimate of drug-likeness (QED) is 0.165. The number of hydrogen-bond acceptors (Lipinski definition) is 5. The van der Waals surface area contributed by atoms with E-state index < -0.39 is 0 Å². The minimum atomic E-state index is -0.353. The van der Waals surface area contributed by atoms with Gasteiger partial charge in [0, 0.05) is 5.56 Å². The third-order valence-corrected chi connectivity index (χ3v) is 6.63. The highest BCUT2D eigenvalue weighted by Crippen LogP contribution is 2.37. The molecule has 0 aliphatic heterocycles. The average Bonchev–Trinajstić information content (AvgIpc) is 2.80. The molecule has 3 rings (SSSR count). The predicted molar refractivity (Wildman–Crippen MR) is 142 cm³/mol. The maximum atomic E-state index is 12.4. The Morgan fingerprint density at radius 1 is 1.06 bits per heavy atom. The molecule has 0 aromatic heterocycles. The Bertz CT molecular complexity index is 1210. The first-order valence-corrected chi connectivity index (χ1v) is 12.1. The third kappa shape index (κ3) is 6.75. The van der Waals surface area contributed by atoms with Gasteiger partial charge in [0.2, 0.25) is 0 Å². The summed E-state index contributed by atoms with van der Waals surface area (Å²) in [5.74, 6) is 1.29. The predicted octanol–water partition coefficient (Wildman–Crippen LogP) is 6.72. The van der Waals surface area contributed by atoms with Gasteiger partial charge in [0.25, 0.3) is 5.91 Å². The highest BCUT2D eigenvalue weighted by Gasteiger charge is 2.13. The molecule has 172 valence electrons. The number of carbonyl (C=O) groups is 1. The molecule has 0 atom stereocenters. The first-order valence-electron chi connectivity index (χ1n) is 9.43. The molecule has 0 aliphatic rings. The molecule has 1 amide bonds. The molecular formula is C23H18BrCl2IN2O4. The van der Waals surface area contributed by atoms with E-state index in [0.717, 1.165) is 9.13 Å². The molecule has 0 saturated heterocycles. The molecule has 6 nitrogen and oxygen atoms in total. The van der Waals surface area contributed by atoms with E-state index in [2.05, 4.69) is 49.0 Å². The maximum absolute atomic E-state index is 12.4. The number of hydrazone groups is 1. The SMILES string of the molecule is COc1cc(C(=O)N/N=C\c2cc(Br)c(OCc3ccc(Cl)c(Cl)c3)c(OC)c2)ccc1I. The van der Waals surface area contributed by atoms with Crippen LogP contribution in [0.2, 0.25) is 10.0 Å². The Morgan fingerprint density at radius 2 is 1.82 bits per heavy atom. The standard InChI is InChI=1S/C23H18BrCl2IN2O4/c1-31-20-10-15(4-6-19(20)27)23(30)29-28-11-14-7-16(24)22(21(9-14)32-2)33-12-13-3-5-17(25)18(26)8-13/h3-11H,12H2,1-2H3,(H,29,30)/b28-11-. The van der Waals surface area contributed by atoms with Gasteiger partial charge < -0.3 is 14.2 Å². The van der Waals surface area contributed by atoms with Gasteiger partial charge in [-0.3, -0.25) is 4.79 Å². The number of nitrogens with one attached hydrogen (secondary N) is 1. The van der Waals surface area contributed by atoms with E-state index in [0.29, 0.717) is 42.9 Å². The Kier molecular flexibility index (Phi) is 9.25. The van der Waals surface area contributed by atoms with E-state index >= 15 is 0 Å². The fraction of sp³-hybridized carbons (Fsp3) is 0.130. The second-order valence-electron chi connectivity index (χ2n) is 6.62. The molecule has 3 aromatic rings. The number of methoxy groups -OCH3 is 2. The minimum Gasteiger partial charge on any atom is -0.496 e. The molecule has 0 bridgehead atoms. The summed E-state index contributed by atoms with van der Waals surface area (Å²) < 4.78 is 18.2. The third-order valence-electron chi connectivity index (χ3n) is 4.41. The van der Waals surface area contributed by atoms with Gasteiger partial charge in [-0.15, -0.1) is 0 Å². The number of halogens is 4. The van der Waals surface area contributed by atoms with Gasteiger partial charge in [-0.25, -0.2) is 5.43 Å². The van der Waals surface area contributed by atoms with Gasteiger partial charge in [0.05, 0.1) is 38.5 Å². The maximum Gasteiger partial charge on any atom is 0.271 e. The van der Waals surface area contributed by atoms with Gasteiger partial charge in [-0.1, -0.05) is 29.3 Å². The Morgan fingerprint density at radius 3 is 2.52 bits per heavy atom. The number of amides is 1. The summed E-state index contributed by atoms with van der Waals surface area (Å²) in [6.45, 7) is 0.273. The van der Waals surface area contributed by atoms with Crippen LogP contribution in [0.3, 0.4) is 0 Å². The van der Waals surface area contributed by atoms with E-state index in [-0.39, 0.29) is 12.5 Å². The van der Waals surface area contributed by atoms with E-state index in [1.807, 2.05) is 6.07 Å². The van der Waals surface area contributed by atoms with Crippen LogP contribution in [-0.4, -0.2) is 26.3 Å². The van der Waals surface area contributed by atoms with Crippen molar-refractivity contribution in [3.63, 3.8) is 0 Å². The van der Waals surface area contributed by atoms with Crippen molar-refractivity contribution in [2.24, 2.45) is 5.10 Å². The monoisotopic (exact) mass is 662 g/mol. The summed E-state index contributed by atoms with van der Waals surface area (Å²) in [5.41, 5.74) is 4.50. The van der Waals surface area contributed by atoms with E-state index in [4.69, 9.17) is 37.4 Å². The van der Waals surface area contributed by atoms with Crippen molar-refractivity contribution < 1.29 is 19.0 Å². The van der Waals surface area contributed by atoms with Gasteiger partial charge in [0.15, 0.2) is 11.5 Å². The summed E-state index contributed by atoms with van der Waals surface area (Å²) in [4.78, 5) is 12.4. The van der Waals surface area contributed by atoms with Crippen LogP contribution in [0.1, 0.15) is 21.5 Å². The summed E-state index contributed by atoms with van der Waals surface area (Å²) >= 11 is 17.7. The fourth-order valence-corrected chi connectivity index (χ4v) is 4.22. The number of rotatable bonds is 8. The highest BCUT2D eigenvalue weighted by atomic mass is 127. The summed E-state index contributed by atoms with van der Waals surface area (Å²) in [7, 11) is 3.10. The van der Waals surface area contributed by atoms with E-state index in [1.54, 1.807) is 56.7 Å². The second kappa shape index (κ2) is 11.9. The Labute approximate surface area is 223 Å². The van der Waals surface area contributed by atoms with Crippen LogP contribution in [0.4, 0.5) is 0 Å². The van der Waals surface area contributed by atoms with E-state index in [9.17, 15) is 4.79 Å². The van der Waals surface area contributed by atoms with Gasteiger partial charge in [-0.05, 0) is 92.1 Å². The zero-order valence-corrected chi connectivity index (χ0v) is 22.8. The van der Waals surface area contributed by atoms with Gasteiger partial charge in [0.1, 0.15) is 12.4 Å². The zero-order chi connectivity index (χ0) is 24.0. The first-order chi connectivity index (χ1) is 15.8. The van der Waals surface area contributed by atoms with Gasteiger partial charge >= 0.3 is 0 Å². The van der Waals surface area contributed by atoms with Crippen LogP contribution >= 0.6 is 61.7 Å². The molecule has 10 heteroatoms. The van der Waals surface area contributed by atoms with Crippen molar-refractivity contribution in [1.29, 1.82) is 0 Å². The lowest BCUT2D eigenvalue weighted by Gasteiger charge is -2.14. The number of hydrogen-bond donors (Lipinski definition) is 1. The Hall–Kier alpha value is -2.01. The topological polar surface area (TPSA) is 69.2 Å². The summed E-state index contributed by atoms with van der Waals surface area (Å²) in [6.07, 6.45) is 1.51. The van der Waals surface area contributed by atoms with Crippen molar-refractivity contribution in [3.8, 4) is 17.2 Å². The normalized spacial score (nSPS) is 10.8. The van der Waals surface area contributed by atoms with E-state index in [1.165, 1.54) is 6.21 Å². The smallest absolute Gasteiger partial charge is 0.271 e. The van der Waals surface area contributed by atoms with Crippen molar-refractivity contribution in [2.45, 2.75) is 6.61 Å². The van der Waals surface area contributed by atoms with Crippen molar-refractivity contribution in [1.82, 2.24) is 5.43 Å². The van der Waals surface area contributed by atoms with Crippen molar-refractivity contribution in [2.75, 3.05) is 14.2 Å². The molecule has 0 radical (unpaired) electrons. The lowest BCUT2D eigenvalue weighted by molar-refractivity contribution is 0.0954. The molecular weight excluding hydrogens is 646 g/mol.